The Balaban J connectivity index is 2.39. The van der Waals surface area contributed by atoms with Crippen LogP contribution >= 0.6 is 11.8 Å². The summed E-state index contributed by atoms with van der Waals surface area (Å²) in [5.74, 6) is 1.04. The number of thioether (sulfide) groups is 1. The van der Waals surface area contributed by atoms with Gasteiger partial charge < -0.3 is 15.7 Å². The van der Waals surface area contributed by atoms with Crippen molar-refractivity contribution in [3.8, 4) is 0 Å². The normalized spacial score (nSPS) is 27.6. The monoisotopic (exact) mass is 302 g/mol. The molecule has 6 heteroatoms. The van der Waals surface area contributed by atoms with E-state index in [1.54, 1.807) is 11.8 Å². The highest BCUT2D eigenvalue weighted by molar-refractivity contribution is 7.98. The number of hydrogen-bond donors (Lipinski definition) is 3. The van der Waals surface area contributed by atoms with Crippen LogP contribution in [0, 0.1) is 11.8 Å². The van der Waals surface area contributed by atoms with Gasteiger partial charge in [0, 0.05) is 6.04 Å². The maximum absolute atomic E-state index is 11.9. The number of carbonyl (C=O) groups excluding carboxylic acids is 1. The summed E-state index contributed by atoms with van der Waals surface area (Å²) in [6, 6.07) is -0.996. The molecule has 0 bridgehead atoms. The lowest BCUT2D eigenvalue weighted by Gasteiger charge is -2.32. The highest BCUT2D eigenvalue weighted by Crippen LogP contribution is 2.29. The van der Waals surface area contributed by atoms with Gasteiger partial charge in [0.15, 0.2) is 0 Å². The molecular weight excluding hydrogens is 276 g/mol. The molecule has 0 radical (unpaired) electrons. The molecule has 4 atom stereocenters. The fourth-order valence-electron chi connectivity index (χ4n) is 2.56. The maximum Gasteiger partial charge on any atom is 0.326 e. The summed E-state index contributed by atoms with van der Waals surface area (Å²) < 4.78 is 0. The number of carbonyl (C=O) groups is 2. The zero-order valence-corrected chi connectivity index (χ0v) is 13.3. The van der Waals surface area contributed by atoms with Crippen LogP contribution in [0.4, 0.5) is 4.79 Å². The molecule has 20 heavy (non-hydrogen) atoms. The Morgan fingerprint density at radius 2 is 2.00 bits per heavy atom. The van der Waals surface area contributed by atoms with Crippen molar-refractivity contribution in [2.45, 2.75) is 51.6 Å². The average molecular weight is 302 g/mol. The molecule has 0 saturated heterocycles. The Hall–Kier alpha value is -0.910. The Morgan fingerprint density at radius 1 is 1.30 bits per heavy atom. The van der Waals surface area contributed by atoms with Crippen LogP contribution in [0.5, 0.6) is 0 Å². The summed E-state index contributed by atoms with van der Waals surface area (Å²) in [5.41, 5.74) is 0. The molecule has 116 valence electrons. The van der Waals surface area contributed by atoms with Crippen LogP contribution in [0.15, 0.2) is 0 Å². The zero-order valence-electron chi connectivity index (χ0n) is 12.5. The van der Waals surface area contributed by atoms with Crippen LogP contribution in [0.2, 0.25) is 0 Å². The summed E-state index contributed by atoms with van der Waals surface area (Å²) in [5, 5.41) is 14.6. The molecule has 2 amide bonds. The summed E-state index contributed by atoms with van der Waals surface area (Å²) in [7, 11) is 0. The van der Waals surface area contributed by atoms with Gasteiger partial charge in [-0.25, -0.2) is 9.59 Å². The molecule has 0 aliphatic heterocycles. The third-order valence-electron chi connectivity index (χ3n) is 4.15. The standard InChI is InChI=1S/C14H26N2O3S/c1-9-4-5-11(8-10(9)2)15-14(19)16-12(13(17)18)6-7-20-3/h9-12H,4-8H2,1-3H3,(H,17,18)(H2,15,16,19)/t9?,10?,11?,12-/m1/s1. The molecule has 5 nitrogen and oxygen atoms in total. The van der Waals surface area contributed by atoms with Crippen LogP contribution < -0.4 is 10.6 Å². The second kappa shape index (κ2) is 8.39. The van der Waals surface area contributed by atoms with E-state index in [-0.39, 0.29) is 12.1 Å². The van der Waals surface area contributed by atoms with Gasteiger partial charge in [0.1, 0.15) is 6.04 Å². The van der Waals surface area contributed by atoms with Gasteiger partial charge in [0.05, 0.1) is 0 Å². The van der Waals surface area contributed by atoms with Gasteiger partial charge in [-0.15, -0.1) is 0 Å². The molecular formula is C14H26N2O3S. The van der Waals surface area contributed by atoms with E-state index < -0.39 is 12.0 Å². The van der Waals surface area contributed by atoms with Crippen molar-refractivity contribution in [1.82, 2.24) is 10.6 Å². The minimum Gasteiger partial charge on any atom is -0.480 e. The SMILES string of the molecule is CSCC[C@@H](NC(=O)NC1CCC(C)C(C)C1)C(=O)O. The van der Waals surface area contributed by atoms with Gasteiger partial charge in [-0.05, 0) is 49.5 Å². The zero-order chi connectivity index (χ0) is 15.1. The van der Waals surface area contributed by atoms with Crippen molar-refractivity contribution in [2.24, 2.45) is 11.8 Å². The van der Waals surface area contributed by atoms with E-state index >= 15 is 0 Å². The van der Waals surface area contributed by atoms with E-state index in [9.17, 15) is 9.59 Å². The van der Waals surface area contributed by atoms with Crippen molar-refractivity contribution in [3.63, 3.8) is 0 Å². The minimum absolute atomic E-state index is 0.163. The molecule has 1 aliphatic carbocycles. The van der Waals surface area contributed by atoms with Gasteiger partial charge in [0.2, 0.25) is 0 Å². The van der Waals surface area contributed by atoms with E-state index in [1.165, 1.54) is 0 Å². The van der Waals surface area contributed by atoms with E-state index in [4.69, 9.17) is 5.11 Å². The van der Waals surface area contributed by atoms with Crippen molar-refractivity contribution in [2.75, 3.05) is 12.0 Å². The summed E-state index contributed by atoms with van der Waals surface area (Å²) in [6.07, 6.45) is 5.42. The predicted octanol–water partition coefficient (Wildman–Crippen LogP) is 2.32. The minimum atomic E-state index is -0.972. The number of carboxylic acid groups (broad SMARTS) is 1. The molecule has 1 saturated carbocycles. The number of amides is 2. The quantitative estimate of drug-likeness (QED) is 0.703. The summed E-state index contributed by atoms with van der Waals surface area (Å²) in [6.45, 7) is 4.44. The first kappa shape index (κ1) is 17.1. The number of carboxylic acids is 1. The first-order valence-electron chi connectivity index (χ1n) is 7.22. The Bertz CT molecular complexity index is 338. The summed E-state index contributed by atoms with van der Waals surface area (Å²) >= 11 is 1.58. The average Bonchev–Trinajstić information content (AvgIpc) is 2.38. The Kier molecular flexibility index (Phi) is 7.19. The number of hydrogen-bond acceptors (Lipinski definition) is 3. The molecule has 1 fully saturated rings. The van der Waals surface area contributed by atoms with Crippen molar-refractivity contribution >= 4 is 23.8 Å². The number of nitrogens with one attached hydrogen (secondary N) is 2. The summed E-state index contributed by atoms with van der Waals surface area (Å²) in [4.78, 5) is 23.0. The van der Waals surface area contributed by atoms with Crippen LogP contribution in [0.25, 0.3) is 0 Å². The molecule has 1 rings (SSSR count). The van der Waals surface area contributed by atoms with Gasteiger partial charge in [-0.1, -0.05) is 13.8 Å². The highest BCUT2D eigenvalue weighted by atomic mass is 32.2. The van der Waals surface area contributed by atoms with Gasteiger partial charge in [0.25, 0.3) is 0 Å². The molecule has 0 aromatic carbocycles. The second-order valence-electron chi connectivity index (χ2n) is 5.75. The number of aliphatic carboxylic acids is 1. The number of rotatable bonds is 6. The van der Waals surface area contributed by atoms with Gasteiger partial charge in [-0.3, -0.25) is 0 Å². The first-order valence-corrected chi connectivity index (χ1v) is 8.62. The number of urea groups is 1. The van der Waals surface area contributed by atoms with E-state index in [2.05, 4.69) is 24.5 Å². The Labute approximate surface area is 125 Å². The third kappa shape index (κ3) is 5.61. The van der Waals surface area contributed by atoms with Crippen molar-refractivity contribution < 1.29 is 14.7 Å². The van der Waals surface area contributed by atoms with E-state index in [1.807, 2.05) is 6.26 Å². The second-order valence-corrected chi connectivity index (χ2v) is 6.74. The maximum atomic E-state index is 11.9. The van der Waals surface area contributed by atoms with Gasteiger partial charge >= 0.3 is 12.0 Å². The third-order valence-corrected chi connectivity index (χ3v) is 4.79. The smallest absolute Gasteiger partial charge is 0.326 e. The van der Waals surface area contributed by atoms with Crippen LogP contribution in [-0.4, -0.2) is 41.2 Å². The lowest BCUT2D eigenvalue weighted by molar-refractivity contribution is -0.139. The van der Waals surface area contributed by atoms with Crippen molar-refractivity contribution in [3.05, 3.63) is 0 Å². The van der Waals surface area contributed by atoms with Crippen LogP contribution in [0.1, 0.15) is 39.5 Å². The topological polar surface area (TPSA) is 78.4 Å². The molecule has 3 unspecified atom stereocenters. The predicted molar refractivity (Wildman–Crippen MR) is 82.1 cm³/mol. The molecule has 1 aliphatic rings. The molecule has 0 aromatic rings. The molecule has 3 N–H and O–H groups in total. The Morgan fingerprint density at radius 3 is 2.55 bits per heavy atom. The van der Waals surface area contributed by atoms with Crippen LogP contribution in [0.3, 0.4) is 0 Å². The molecule has 0 spiro atoms. The lowest BCUT2D eigenvalue weighted by atomic mass is 9.79. The van der Waals surface area contributed by atoms with E-state index in [0.29, 0.717) is 18.3 Å². The van der Waals surface area contributed by atoms with Crippen molar-refractivity contribution in [1.29, 1.82) is 0 Å². The van der Waals surface area contributed by atoms with E-state index in [0.717, 1.165) is 25.0 Å². The molecule has 0 heterocycles. The fourth-order valence-corrected chi connectivity index (χ4v) is 3.03. The van der Waals surface area contributed by atoms with Crippen LogP contribution in [-0.2, 0) is 4.79 Å². The largest absolute Gasteiger partial charge is 0.480 e. The fraction of sp³-hybridized carbons (Fsp3) is 0.857. The van der Waals surface area contributed by atoms with Gasteiger partial charge in [-0.2, -0.15) is 11.8 Å². The first-order chi connectivity index (χ1) is 9.43. The molecule has 0 aromatic heterocycles. The lowest BCUT2D eigenvalue weighted by Crippen LogP contribution is -2.50. The highest BCUT2D eigenvalue weighted by Gasteiger charge is 2.26.